The number of nitrogens with one attached hydrogen (secondary N) is 1. The van der Waals surface area contributed by atoms with Gasteiger partial charge in [0.05, 0.1) is 6.04 Å². The summed E-state index contributed by atoms with van der Waals surface area (Å²) in [6.45, 7) is 3.81. The highest BCUT2D eigenvalue weighted by Gasteiger charge is 2.23. The summed E-state index contributed by atoms with van der Waals surface area (Å²) in [6, 6.07) is 13.1. The summed E-state index contributed by atoms with van der Waals surface area (Å²) in [5.74, 6) is -0.0491. The maximum atomic E-state index is 12.9. The van der Waals surface area contributed by atoms with Crippen LogP contribution in [-0.2, 0) is 11.3 Å². The molecule has 26 heavy (non-hydrogen) atoms. The second-order valence-electron chi connectivity index (χ2n) is 6.54. The van der Waals surface area contributed by atoms with Gasteiger partial charge in [-0.3, -0.25) is 9.69 Å². The Balaban J connectivity index is 1.53. The third kappa shape index (κ3) is 4.49. The van der Waals surface area contributed by atoms with E-state index in [1.807, 2.05) is 19.1 Å². The van der Waals surface area contributed by atoms with Gasteiger partial charge in [0, 0.05) is 19.6 Å². The van der Waals surface area contributed by atoms with E-state index in [2.05, 4.69) is 16.3 Å². The number of carbonyl (C=O) groups is 1. The average Bonchev–Trinajstić information content (AvgIpc) is 2.67. The molecule has 1 unspecified atom stereocenters. The Morgan fingerprint density at radius 2 is 1.88 bits per heavy atom. The molecule has 0 aromatic heterocycles. The van der Waals surface area contributed by atoms with E-state index in [0.717, 1.165) is 24.1 Å². The van der Waals surface area contributed by atoms with Crippen LogP contribution in [0.4, 0.5) is 4.39 Å². The quantitative estimate of drug-likeness (QED) is 0.866. The zero-order valence-corrected chi connectivity index (χ0v) is 14.8. The third-order valence-electron chi connectivity index (χ3n) is 4.79. The molecule has 1 heterocycles. The summed E-state index contributed by atoms with van der Waals surface area (Å²) < 4.78 is 12.9. The van der Waals surface area contributed by atoms with Crippen molar-refractivity contribution in [1.29, 1.82) is 0 Å². The van der Waals surface area contributed by atoms with Crippen LogP contribution in [0.15, 0.2) is 54.6 Å². The Morgan fingerprint density at radius 3 is 2.50 bits per heavy atom. The molecule has 3 rings (SSSR count). The molecule has 5 heteroatoms. The molecule has 1 aliphatic rings. The number of halogens is 1. The van der Waals surface area contributed by atoms with Crippen LogP contribution in [0.25, 0.3) is 5.57 Å². The monoisotopic (exact) mass is 354 g/mol. The molecule has 4 nitrogen and oxygen atoms in total. The van der Waals surface area contributed by atoms with Crippen molar-refractivity contribution in [1.82, 2.24) is 10.2 Å². The summed E-state index contributed by atoms with van der Waals surface area (Å²) in [7, 11) is 0. The number of hydrogen-bond donors (Lipinski definition) is 2. The largest absolute Gasteiger partial charge is 0.508 e. The molecule has 0 bridgehead atoms. The number of benzene rings is 2. The van der Waals surface area contributed by atoms with Crippen molar-refractivity contribution in [2.45, 2.75) is 25.9 Å². The normalized spacial score (nSPS) is 16.0. The van der Waals surface area contributed by atoms with E-state index in [1.165, 1.54) is 17.7 Å². The first kappa shape index (κ1) is 18.1. The van der Waals surface area contributed by atoms with Crippen molar-refractivity contribution in [3.63, 3.8) is 0 Å². The highest BCUT2D eigenvalue weighted by atomic mass is 19.1. The van der Waals surface area contributed by atoms with E-state index in [9.17, 15) is 14.3 Å². The lowest BCUT2D eigenvalue weighted by molar-refractivity contribution is -0.125. The molecule has 0 aliphatic carbocycles. The zero-order chi connectivity index (χ0) is 18.5. The summed E-state index contributed by atoms with van der Waals surface area (Å²) in [6.07, 6.45) is 3.00. The number of nitrogens with zero attached hydrogens (tertiary/aromatic N) is 1. The van der Waals surface area contributed by atoms with Crippen LogP contribution in [0.2, 0.25) is 0 Å². The second kappa shape index (κ2) is 8.15. The first-order chi connectivity index (χ1) is 12.5. The van der Waals surface area contributed by atoms with E-state index < -0.39 is 0 Å². The van der Waals surface area contributed by atoms with E-state index >= 15 is 0 Å². The molecular weight excluding hydrogens is 331 g/mol. The number of amides is 1. The van der Waals surface area contributed by atoms with E-state index in [-0.39, 0.29) is 23.5 Å². The van der Waals surface area contributed by atoms with Crippen molar-refractivity contribution in [3.05, 3.63) is 71.6 Å². The fourth-order valence-electron chi connectivity index (χ4n) is 3.08. The highest BCUT2D eigenvalue weighted by Crippen LogP contribution is 2.24. The van der Waals surface area contributed by atoms with Gasteiger partial charge >= 0.3 is 0 Å². The van der Waals surface area contributed by atoms with Gasteiger partial charge in [-0.2, -0.15) is 0 Å². The van der Waals surface area contributed by atoms with Gasteiger partial charge in [0.15, 0.2) is 0 Å². The minimum atomic E-state index is -0.280. The van der Waals surface area contributed by atoms with Crippen LogP contribution in [-0.4, -0.2) is 35.0 Å². The number of phenolic OH excluding ortho intramolecular Hbond substituents is 1. The molecule has 0 spiro atoms. The maximum Gasteiger partial charge on any atom is 0.237 e. The van der Waals surface area contributed by atoms with Gasteiger partial charge in [0.2, 0.25) is 5.91 Å². The van der Waals surface area contributed by atoms with Crippen LogP contribution in [0.5, 0.6) is 5.75 Å². The first-order valence-corrected chi connectivity index (χ1v) is 8.77. The van der Waals surface area contributed by atoms with Crippen LogP contribution >= 0.6 is 0 Å². The van der Waals surface area contributed by atoms with Gasteiger partial charge < -0.3 is 10.4 Å². The maximum absolute atomic E-state index is 12.9. The molecular formula is C21H23FN2O2. The van der Waals surface area contributed by atoms with Crippen molar-refractivity contribution < 1.29 is 14.3 Å². The average molecular weight is 354 g/mol. The van der Waals surface area contributed by atoms with Crippen LogP contribution < -0.4 is 5.32 Å². The number of rotatable bonds is 5. The summed E-state index contributed by atoms with van der Waals surface area (Å²) in [5.41, 5.74) is 3.22. The Hall–Kier alpha value is -2.66. The molecule has 2 N–H and O–H groups in total. The fraction of sp³-hybridized carbons (Fsp3) is 0.286. The third-order valence-corrected chi connectivity index (χ3v) is 4.79. The van der Waals surface area contributed by atoms with Gasteiger partial charge in [-0.05, 0) is 54.3 Å². The van der Waals surface area contributed by atoms with Crippen LogP contribution in [0.3, 0.4) is 0 Å². The molecule has 0 radical (unpaired) electrons. The van der Waals surface area contributed by atoms with Gasteiger partial charge in [0.1, 0.15) is 11.6 Å². The Labute approximate surface area is 153 Å². The fourth-order valence-corrected chi connectivity index (χ4v) is 3.08. The lowest BCUT2D eigenvalue weighted by Crippen LogP contribution is -2.46. The van der Waals surface area contributed by atoms with E-state index in [0.29, 0.717) is 13.1 Å². The Bertz CT molecular complexity index is 785. The molecule has 2 aromatic carbocycles. The zero-order valence-electron chi connectivity index (χ0n) is 14.8. The Morgan fingerprint density at radius 1 is 1.19 bits per heavy atom. The predicted molar refractivity (Wildman–Crippen MR) is 100.0 cm³/mol. The van der Waals surface area contributed by atoms with E-state index in [1.54, 1.807) is 24.3 Å². The number of aromatic hydroxyl groups is 1. The van der Waals surface area contributed by atoms with Crippen molar-refractivity contribution in [3.8, 4) is 5.75 Å². The van der Waals surface area contributed by atoms with Gasteiger partial charge in [-0.25, -0.2) is 4.39 Å². The lowest BCUT2D eigenvalue weighted by atomic mass is 9.98. The van der Waals surface area contributed by atoms with Crippen LogP contribution in [0, 0.1) is 5.82 Å². The molecule has 1 atom stereocenters. The predicted octanol–water partition coefficient (Wildman–Crippen LogP) is 3.33. The molecule has 2 aromatic rings. The molecule has 136 valence electrons. The van der Waals surface area contributed by atoms with Crippen molar-refractivity contribution >= 4 is 11.5 Å². The summed E-state index contributed by atoms with van der Waals surface area (Å²) >= 11 is 0. The number of carbonyl (C=O) groups excluding carboxylic acids is 1. The topological polar surface area (TPSA) is 52.6 Å². The lowest BCUT2D eigenvalue weighted by Gasteiger charge is -2.31. The van der Waals surface area contributed by atoms with Gasteiger partial charge in [-0.1, -0.05) is 30.3 Å². The van der Waals surface area contributed by atoms with Gasteiger partial charge in [-0.15, -0.1) is 0 Å². The molecule has 1 amide bonds. The Kier molecular flexibility index (Phi) is 5.68. The molecule has 0 fully saturated rings. The van der Waals surface area contributed by atoms with Gasteiger partial charge in [0.25, 0.3) is 0 Å². The second-order valence-corrected chi connectivity index (χ2v) is 6.54. The summed E-state index contributed by atoms with van der Waals surface area (Å²) in [5, 5.41) is 12.3. The minimum absolute atomic E-state index is 0.0317. The van der Waals surface area contributed by atoms with Crippen molar-refractivity contribution in [2.24, 2.45) is 0 Å². The highest BCUT2D eigenvalue weighted by molar-refractivity contribution is 5.81. The summed E-state index contributed by atoms with van der Waals surface area (Å²) in [4.78, 5) is 14.5. The SMILES string of the molecule is CC(C(=O)NCc1ccc(F)cc1)N1CC=C(c2ccc(O)cc2)CC1. The standard InChI is InChI=1S/C21H23FN2O2/c1-15(21(26)23-14-16-2-6-19(22)7-3-16)24-12-10-18(11-13-24)17-4-8-20(25)9-5-17/h2-10,15,25H,11-14H2,1H3,(H,23,26). The van der Waals surface area contributed by atoms with Crippen molar-refractivity contribution in [2.75, 3.05) is 13.1 Å². The molecule has 1 aliphatic heterocycles. The minimum Gasteiger partial charge on any atom is -0.508 e. The van der Waals surface area contributed by atoms with Crippen LogP contribution in [0.1, 0.15) is 24.5 Å². The first-order valence-electron chi connectivity index (χ1n) is 8.77. The smallest absolute Gasteiger partial charge is 0.237 e. The number of hydrogen-bond acceptors (Lipinski definition) is 3. The number of phenols is 1. The molecule has 0 saturated heterocycles. The van der Waals surface area contributed by atoms with E-state index in [4.69, 9.17) is 0 Å². The molecule has 0 saturated carbocycles.